The van der Waals surface area contributed by atoms with Crippen LogP contribution < -0.4 is 5.32 Å². The van der Waals surface area contributed by atoms with Gasteiger partial charge in [0.05, 0.1) is 11.4 Å². The SMILES string of the molecule is c1ccc2c(Nc3c4ccccc4cc4ccccc34)c3ccccc3cc2c1. The molecule has 0 aliphatic rings. The van der Waals surface area contributed by atoms with E-state index in [1.54, 1.807) is 0 Å². The van der Waals surface area contributed by atoms with Crippen LogP contribution in [0.15, 0.2) is 109 Å². The maximum atomic E-state index is 3.88. The van der Waals surface area contributed by atoms with E-state index in [1.807, 2.05) is 0 Å². The summed E-state index contributed by atoms with van der Waals surface area (Å²) in [7, 11) is 0. The van der Waals surface area contributed by atoms with Crippen LogP contribution in [0, 0.1) is 0 Å². The van der Waals surface area contributed by atoms with E-state index in [2.05, 4.69) is 115 Å². The molecule has 0 radical (unpaired) electrons. The monoisotopic (exact) mass is 369 g/mol. The van der Waals surface area contributed by atoms with Gasteiger partial charge in [-0.1, -0.05) is 97.1 Å². The molecule has 29 heavy (non-hydrogen) atoms. The summed E-state index contributed by atoms with van der Waals surface area (Å²) >= 11 is 0. The van der Waals surface area contributed by atoms with E-state index in [4.69, 9.17) is 0 Å². The lowest BCUT2D eigenvalue weighted by Crippen LogP contribution is -1.96. The van der Waals surface area contributed by atoms with Gasteiger partial charge in [-0.2, -0.15) is 0 Å². The summed E-state index contributed by atoms with van der Waals surface area (Å²) in [5.74, 6) is 0. The summed E-state index contributed by atoms with van der Waals surface area (Å²) in [4.78, 5) is 0. The number of fused-ring (bicyclic) bond motifs is 4. The van der Waals surface area contributed by atoms with Crippen molar-refractivity contribution in [3.05, 3.63) is 109 Å². The Balaban J connectivity index is 1.73. The van der Waals surface area contributed by atoms with Crippen molar-refractivity contribution in [3.63, 3.8) is 0 Å². The molecule has 1 N–H and O–H groups in total. The van der Waals surface area contributed by atoms with E-state index in [0.717, 1.165) is 0 Å². The highest BCUT2D eigenvalue weighted by Crippen LogP contribution is 2.39. The Morgan fingerprint density at radius 3 is 0.931 bits per heavy atom. The van der Waals surface area contributed by atoms with Gasteiger partial charge in [-0.15, -0.1) is 0 Å². The summed E-state index contributed by atoms with van der Waals surface area (Å²) < 4.78 is 0. The van der Waals surface area contributed by atoms with Crippen LogP contribution in [0.2, 0.25) is 0 Å². The number of nitrogens with one attached hydrogen (secondary N) is 1. The van der Waals surface area contributed by atoms with Crippen LogP contribution in [0.25, 0.3) is 43.1 Å². The lowest BCUT2D eigenvalue weighted by molar-refractivity contribution is 1.65. The van der Waals surface area contributed by atoms with Crippen molar-refractivity contribution in [2.75, 3.05) is 5.32 Å². The molecule has 0 fully saturated rings. The summed E-state index contributed by atoms with van der Waals surface area (Å²) in [6.45, 7) is 0. The van der Waals surface area contributed by atoms with Crippen LogP contribution >= 0.6 is 0 Å². The maximum Gasteiger partial charge on any atom is 0.0543 e. The first kappa shape index (κ1) is 16.1. The third-order valence-electron chi connectivity index (χ3n) is 5.79. The Kier molecular flexibility index (Phi) is 3.54. The highest BCUT2D eigenvalue weighted by molar-refractivity contribution is 6.17. The molecular weight excluding hydrogens is 350 g/mol. The van der Waals surface area contributed by atoms with Crippen LogP contribution in [0.3, 0.4) is 0 Å². The molecule has 0 saturated heterocycles. The molecule has 136 valence electrons. The van der Waals surface area contributed by atoms with Crippen molar-refractivity contribution in [3.8, 4) is 0 Å². The number of hydrogen-bond acceptors (Lipinski definition) is 1. The molecule has 6 rings (SSSR count). The van der Waals surface area contributed by atoms with Crippen molar-refractivity contribution < 1.29 is 0 Å². The van der Waals surface area contributed by atoms with E-state index in [-0.39, 0.29) is 0 Å². The fourth-order valence-corrected chi connectivity index (χ4v) is 4.42. The maximum absolute atomic E-state index is 3.88. The first-order chi connectivity index (χ1) is 14.4. The lowest BCUT2D eigenvalue weighted by Gasteiger charge is -2.18. The first-order valence-electron chi connectivity index (χ1n) is 9.96. The molecular formula is C28H19N. The topological polar surface area (TPSA) is 12.0 Å². The molecule has 0 amide bonds. The Labute approximate surface area is 169 Å². The second-order valence-electron chi connectivity index (χ2n) is 7.51. The predicted molar refractivity (Wildman–Crippen MR) is 126 cm³/mol. The van der Waals surface area contributed by atoms with Crippen LogP contribution in [0.5, 0.6) is 0 Å². The van der Waals surface area contributed by atoms with Crippen molar-refractivity contribution >= 4 is 54.5 Å². The predicted octanol–water partition coefficient (Wildman–Crippen LogP) is 8.04. The van der Waals surface area contributed by atoms with Gasteiger partial charge >= 0.3 is 0 Å². The van der Waals surface area contributed by atoms with Gasteiger partial charge in [0.2, 0.25) is 0 Å². The fraction of sp³-hybridized carbons (Fsp3) is 0. The molecule has 0 bridgehead atoms. The van der Waals surface area contributed by atoms with Gasteiger partial charge in [0.15, 0.2) is 0 Å². The highest BCUT2D eigenvalue weighted by atomic mass is 14.9. The molecule has 0 saturated carbocycles. The van der Waals surface area contributed by atoms with Gasteiger partial charge in [-0.3, -0.25) is 0 Å². The molecule has 0 atom stereocenters. The van der Waals surface area contributed by atoms with Crippen LogP contribution in [-0.4, -0.2) is 0 Å². The van der Waals surface area contributed by atoms with Gasteiger partial charge < -0.3 is 5.32 Å². The van der Waals surface area contributed by atoms with E-state index in [1.165, 1.54) is 54.5 Å². The second-order valence-corrected chi connectivity index (χ2v) is 7.51. The lowest BCUT2D eigenvalue weighted by atomic mass is 9.98. The van der Waals surface area contributed by atoms with Gasteiger partial charge in [0.1, 0.15) is 0 Å². The van der Waals surface area contributed by atoms with Crippen LogP contribution in [0.4, 0.5) is 11.4 Å². The average molecular weight is 369 g/mol. The Morgan fingerprint density at radius 2 is 0.621 bits per heavy atom. The third-order valence-corrected chi connectivity index (χ3v) is 5.79. The molecule has 0 unspecified atom stereocenters. The van der Waals surface area contributed by atoms with Crippen molar-refractivity contribution in [2.24, 2.45) is 0 Å². The van der Waals surface area contributed by atoms with E-state index >= 15 is 0 Å². The molecule has 1 heteroatoms. The molecule has 0 heterocycles. The summed E-state index contributed by atoms with van der Waals surface area (Å²) in [5, 5.41) is 13.8. The number of benzene rings is 6. The largest absolute Gasteiger partial charge is 0.353 e. The standard InChI is InChI=1S/C28H19N/c1-5-13-23-19(9-1)17-20-10-2-6-14-24(20)27(23)29-28-25-15-7-3-11-21(25)18-22-12-4-8-16-26(22)28/h1-18,29H. The zero-order valence-corrected chi connectivity index (χ0v) is 15.9. The molecule has 1 nitrogen and oxygen atoms in total. The smallest absolute Gasteiger partial charge is 0.0543 e. The van der Waals surface area contributed by atoms with Crippen molar-refractivity contribution in [1.29, 1.82) is 0 Å². The summed E-state index contributed by atoms with van der Waals surface area (Å²) in [6, 6.07) is 39.0. The average Bonchev–Trinajstić information content (AvgIpc) is 2.78. The van der Waals surface area contributed by atoms with Gasteiger partial charge in [0, 0.05) is 21.5 Å². The summed E-state index contributed by atoms with van der Waals surface area (Å²) in [5.41, 5.74) is 2.33. The normalized spacial score (nSPS) is 11.4. The molecule has 6 aromatic rings. The molecule has 0 aromatic heterocycles. The molecule has 0 aliphatic heterocycles. The van der Waals surface area contributed by atoms with E-state index in [9.17, 15) is 0 Å². The molecule has 6 aromatic carbocycles. The molecule has 0 spiro atoms. The third kappa shape index (κ3) is 2.55. The minimum absolute atomic E-state index is 1.17. The Hall–Kier alpha value is -3.84. The zero-order valence-electron chi connectivity index (χ0n) is 15.9. The van der Waals surface area contributed by atoms with Crippen LogP contribution in [0.1, 0.15) is 0 Å². The van der Waals surface area contributed by atoms with Gasteiger partial charge in [-0.25, -0.2) is 0 Å². The number of anilines is 2. The number of hydrogen-bond donors (Lipinski definition) is 1. The van der Waals surface area contributed by atoms with E-state index < -0.39 is 0 Å². The second kappa shape index (κ2) is 6.35. The minimum atomic E-state index is 1.17. The van der Waals surface area contributed by atoms with Crippen molar-refractivity contribution in [1.82, 2.24) is 0 Å². The Bertz CT molecular complexity index is 1300. The zero-order chi connectivity index (χ0) is 19.2. The quantitative estimate of drug-likeness (QED) is 0.304. The minimum Gasteiger partial charge on any atom is -0.353 e. The van der Waals surface area contributed by atoms with Crippen LogP contribution in [-0.2, 0) is 0 Å². The van der Waals surface area contributed by atoms with E-state index in [0.29, 0.717) is 0 Å². The van der Waals surface area contributed by atoms with Gasteiger partial charge in [-0.05, 0) is 33.7 Å². The van der Waals surface area contributed by atoms with Gasteiger partial charge in [0.25, 0.3) is 0 Å². The highest BCUT2D eigenvalue weighted by Gasteiger charge is 2.12. The molecule has 0 aliphatic carbocycles. The summed E-state index contributed by atoms with van der Waals surface area (Å²) in [6.07, 6.45) is 0. The van der Waals surface area contributed by atoms with Crippen molar-refractivity contribution in [2.45, 2.75) is 0 Å². The first-order valence-corrected chi connectivity index (χ1v) is 9.96. The Morgan fingerprint density at radius 1 is 0.345 bits per heavy atom. The number of rotatable bonds is 2. The fourth-order valence-electron chi connectivity index (χ4n) is 4.42.